The molecular formula is C13H16ClN3O3. The molecule has 0 saturated carbocycles. The molecule has 0 spiro atoms. The third-order valence-electron chi connectivity index (χ3n) is 3.49. The number of nitro benzene ring substituents is 1. The molecule has 0 aliphatic carbocycles. The second-order valence-electron chi connectivity index (χ2n) is 4.89. The number of likely N-dealkylation sites (tertiary alicyclic amines) is 1. The first kappa shape index (κ1) is 14.7. The lowest BCUT2D eigenvalue weighted by Gasteiger charge is -2.30. The fraction of sp³-hybridized carbons (Fsp3) is 0.462. The van der Waals surface area contributed by atoms with Gasteiger partial charge in [-0.3, -0.25) is 14.9 Å². The van der Waals surface area contributed by atoms with E-state index in [1.54, 1.807) is 24.1 Å². The summed E-state index contributed by atoms with van der Waals surface area (Å²) < 4.78 is 0. The Labute approximate surface area is 121 Å². The summed E-state index contributed by atoms with van der Waals surface area (Å²) in [4.78, 5) is 23.6. The smallest absolute Gasteiger partial charge is 0.275 e. The number of nitro groups is 1. The fourth-order valence-corrected chi connectivity index (χ4v) is 2.55. The Bertz CT molecular complexity index is 536. The molecule has 0 radical (unpaired) electrons. The van der Waals surface area contributed by atoms with E-state index in [9.17, 15) is 14.9 Å². The number of nitrogens with zero attached hydrogens (tertiary/aromatic N) is 2. The summed E-state index contributed by atoms with van der Waals surface area (Å²) in [6.45, 7) is 0.930. The number of rotatable bonds is 4. The van der Waals surface area contributed by atoms with Gasteiger partial charge in [0.15, 0.2) is 0 Å². The van der Waals surface area contributed by atoms with Crippen molar-refractivity contribution in [1.29, 1.82) is 0 Å². The Balaban J connectivity index is 2.04. The number of nitrogens with one attached hydrogen (secondary N) is 1. The van der Waals surface area contributed by atoms with Crippen molar-refractivity contribution >= 4 is 23.2 Å². The molecule has 1 amide bonds. The predicted octanol–water partition coefficient (Wildman–Crippen LogP) is 1.96. The van der Waals surface area contributed by atoms with Crippen LogP contribution < -0.4 is 5.32 Å². The van der Waals surface area contributed by atoms with Crippen LogP contribution in [0, 0.1) is 10.1 Å². The molecule has 7 heteroatoms. The molecule has 1 aromatic rings. The van der Waals surface area contributed by atoms with Gasteiger partial charge in [0.25, 0.3) is 5.69 Å². The number of hydrogen-bond acceptors (Lipinski definition) is 4. The predicted molar refractivity (Wildman–Crippen MR) is 75.6 cm³/mol. The standard InChI is InChI=1S/C13H16ClN3O3/c1-16-8-9(5-6-13(16)18)15-7-10-11(14)3-2-4-12(10)17(19)20/h2-4,9,15H,5-8H2,1H3. The van der Waals surface area contributed by atoms with Crippen molar-refractivity contribution in [2.24, 2.45) is 0 Å². The van der Waals surface area contributed by atoms with Crippen LogP contribution in [0.5, 0.6) is 0 Å². The molecule has 1 fully saturated rings. The van der Waals surface area contributed by atoms with Gasteiger partial charge in [0.2, 0.25) is 5.91 Å². The molecule has 1 aromatic carbocycles. The lowest BCUT2D eigenvalue weighted by molar-refractivity contribution is -0.385. The van der Waals surface area contributed by atoms with Crippen molar-refractivity contribution in [3.8, 4) is 0 Å². The molecule has 2 rings (SSSR count). The highest BCUT2D eigenvalue weighted by Crippen LogP contribution is 2.26. The molecule has 1 heterocycles. The summed E-state index contributed by atoms with van der Waals surface area (Å²) in [6.07, 6.45) is 1.24. The van der Waals surface area contributed by atoms with Crippen molar-refractivity contribution < 1.29 is 9.72 Å². The summed E-state index contributed by atoms with van der Waals surface area (Å²) >= 11 is 6.03. The SMILES string of the molecule is CN1CC(NCc2c(Cl)cccc2[N+](=O)[O-])CCC1=O. The number of benzene rings is 1. The van der Waals surface area contributed by atoms with Gasteiger partial charge >= 0.3 is 0 Å². The zero-order chi connectivity index (χ0) is 14.7. The van der Waals surface area contributed by atoms with Gasteiger partial charge in [-0.1, -0.05) is 17.7 Å². The average molecular weight is 298 g/mol. The van der Waals surface area contributed by atoms with E-state index in [1.807, 2.05) is 0 Å². The first-order chi connectivity index (χ1) is 9.49. The van der Waals surface area contributed by atoms with Gasteiger partial charge in [0, 0.05) is 38.7 Å². The van der Waals surface area contributed by atoms with E-state index in [4.69, 9.17) is 11.6 Å². The summed E-state index contributed by atoms with van der Waals surface area (Å²) in [7, 11) is 1.76. The van der Waals surface area contributed by atoms with E-state index < -0.39 is 4.92 Å². The fourth-order valence-electron chi connectivity index (χ4n) is 2.32. The molecule has 6 nitrogen and oxygen atoms in total. The molecule has 1 aliphatic heterocycles. The maximum Gasteiger partial charge on any atom is 0.275 e. The minimum Gasteiger partial charge on any atom is -0.344 e. The van der Waals surface area contributed by atoms with Gasteiger partial charge in [-0.05, 0) is 12.5 Å². The van der Waals surface area contributed by atoms with Crippen molar-refractivity contribution in [1.82, 2.24) is 10.2 Å². The van der Waals surface area contributed by atoms with Gasteiger partial charge in [0.05, 0.1) is 15.5 Å². The van der Waals surface area contributed by atoms with Crippen LogP contribution in [0.25, 0.3) is 0 Å². The number of carbonyl (C=O) groups is 1. The summed E-state index contributed by atoms with van der Waals surface area (Å²) in [5.74, 6) is 0.131. The largest absolute Gasteiger partial charge is 0.344 e. The lowest BCUT2D eigenvalue weighted by Crippen LogP contribution is -2.46. The Morgan fingerprint density at radius 2 is 2.30 bits per heavy atom. The van der Waals surface area contributed by atoms with Crippen molar-refractivity contribution in [3.63, 3.8) is 0 Å². The number of likely N-dealkylation sites (N-methyl/N-ethyl adjacent to an activating group) is 1. The van der Waals surface area contributed by atoms with Gasteiger partial charge in [-0.2, -0.15) is 0 Å². The molecule has 20 heavy (non-hydrogen) atoms. The minimum atomic E-state index is -0.431. The topological polar surface area (TPSA) is 75.5 Å². The number of carbonyl (C=O) groups excluding carboxylic acids is 1. The van der Waals surface area contributed by atoms with Crippen LogP contribution in [0.15, 0.2) is 18.2 Å². The van der Waals surface area contributed by atoms with Crippen LogP contribution in [0.3, 0.4) is 0 Å². The number of piperidine rings is 1. The Morgan fingerprint density at radius 3 is 2.95 bits per heavy atom. The zero-order valence-corrected chi connectivity index (χ0v) is 11.9. The third kappa shape index (κ3) is 3.26. The van der Waals surface area contributed by atoms with Crippen LogP contribution in [0.4, 0.5) is 5.69 Å². The van der Waals surface area contributed by atoms with Crippen molar-refractivity contribution in [2.75, 3.05) is 13.6 Å². The van der Waals surface area contributed by atoms with Crippen LogP contribution in [-0.4, -0.2) is 35.4 Å². The van der Waals surface area contributed by atoms with Crippen LogP contribution in [-0.2, 0) is 11.3 Å². The number of amides is 1. The van der Waals surface area contributed by atoms with E-state index >= 15 is 0 Å². The third-order valence-corrected chi connectivity index (χ3v) is 3.84. The number of halogens is 1. The molecule has 0 bridgehead atoms. The summed E-state index contributed by atoms with van der Waals surface area (Å²) in [6, 6.07) is 4.78. The molecular weight excluding hydrogens is 282 g/mol. The summed E-state index contributed by atoms with van der Waals surface area (Å²) in [5, 5.41) is 14.6. The maximum absolute atomic E-state index is 11.4. The molecule has 0 aromatic heterocycles. The van der Waals surface area contributed by atoms with Gasteiger partial charge in [-0.15, -0.1) is 0 Å². The second kappa shape index (κ2) is 6.19. The van der Waals surface area contributed by atoms with E-state index in [0.717, 1.165) is 6.42 Å². The number of hydrogen-bond donors (Lipinski definition) is 1. The zero-order valence-electron chi connectivity index (χ0n) is 11.1. The molecule has 1 saturated heterocycles. The molecule has 1 N–H and O–H groups in total. The lowest BCUT2D eigenvalue weighted by atomic mass is 10.0. The van der Waals surface area contributed by atoms with Crippen molar-refractivity contribution in [3.05, 3.63) is 38.9 Å². The van der Waals surface area contributed by atoms with Crippen LogP contribution >= 0.6 is 11.6 Å². The Hall–Kier alpha value is -1.66. The Morgan fingerprint density at radius 1 is 1.55 bits per heavy atom. The monoisotopic (exact) mass is 297 g/mol. The van der Waals surface area contributed by atoms with Crippen LogP contribution in [0.2, 0.25) is 5.02 Å². The minimum absolute atomic E-state index is 0.0187. The van der Waals surface area contributed by atoms with Gasteiger partial charge in [-0.25, -0.2) is 0 Å². The quantitative estimate of drug-likeness (QED) is 0.681. The van der Waals surface area contributed by atoms with E-state index in [-0.39, 0.29) is 17.6 Å². The first-order valence-corrected chi connectivity index (χ1v) is 6.76. The average Bonchev–Trinajstić information content (AvgIpc) is 2.40. The highest BCUT2D eigenvalue weighted by atomic mass is 35.5. The van der Waals surface area contributed by atoms with Gasteiger partial charge < -0.3 is 10.2 Å². The van der Waals surface area contributed by atoms with Gasteiger partial charge in [0.1, 0.15) is 0 Å². The maximum atomic E-state index is 11.4. The van der Waals surface area contributed by atoms with E-state index in [0.29, 0.717) is 30.1 Å². The molecule has 108 valence electrons. The highest BCUT2D eigenvalue weighted by Gasteiger charge is 2.24. The first-order valence-electron chi connectivity index (χ1n) is 6.38. The van der Waals surface area contributed by atoms with Crippen molar-refractivity contribution in [2.45, 2.75) is 25.4 Å². The normalized spacial score (nSPS) is 19.2. The molecule has 1 unspecified atom stereocenters. The summed E-state index contributed by atoms with van der Waals surface area (Å²) in [5.41, 5.74) is 0.504. The second-order valence-corrected chi connectivity index (χ2v) is 5.29. The Kier molecular flexibility index (Phi) is 4.57. The van der Waals surface area contributed by atoms with E-state index in [1.165, 1.54) is 6.07 Å². The molecule has 1 aliphatic rings. The van der Waals surface area contributed by atoms with Crippen LogP contribution in [0.1, 0.15) is 18.4 Å². The molecule has 1 atom stereocenters. The van der Waals surface area contributed by atoms with E-state index in [2.05, 4.69) is 5.32 Å². The highest BCUT2D eigenvalue weighted by molar-refractivity contribution is 6.31.